The molecule has 3 heteroatoms. The van der Waals surface area contributed by atoms with E-state index in [1.165, 1.54) is 48.4 Å². The number of nitrogens with zero attached hydrogens (tertiary/aromatic N) is 1. The maximum atomic E-state index is 12.5. The average Bonchev–Trinajstić information content (AvgIpc) is 2.96. The third-order valence-electron chi connectivity index (χ3n) is 4.96. The number of hydrogen-bond acceptors (Lipinski definition) is 2. The Morgan fingerprint density at radius 3 is 2.59 bits per heavy atom. The second-order valence-corrected chi connectivity index (χ2v) is 7.39. The van der Waals surface area contributed by atoms with E-state index in [-0.39, 0.29) is 5.37 Å². The second kappa shape index (κ2) is 5.96. The lowest BCUT2D eigenvalue weighted by molar-refractivity contribution is -0.131. The fourth-order valence-electron chi connectivity index (χ4n) is 3.90. The molecule has 2 fully saturated rings. The quantitative estimate of drug-likeness (QED) is 0.798. The maximum Gasteiger partial charge on any atom is 0.234 e. The van der Waals surface area contributed by atoms with Crippen LogP contribution in [-0.4, -0.2) is 22.6 Å². The minimum atomic E-state index is 0.196. The van der Waals surface area contributed by atoms with Crippen molar-refractivity contribution in [1.82, 2.24) is 4.90 Å². The van der Waals surface area contributed by atoms with Gasteiger partial charge in [0.25, 0.3) is 0 Å². The van der Waals surface area contributed by atoms with Crippen LogP contribution < -0.4 is 0 Å². The lowest BCUT2D eigenvalue weighted by Gasteiger charge is -2.35. The smallest absolute Gasteiger partial charge is 0.234 e. The highest BCUT2D eigenvalue weighted by Gasteiger charge is 2.38. The summed E-state index contributed by atoms with van der Waals surface area (Å²) >= 11 is 1.80. The van der Waals surface area contributed by atoms with Crippen molar-refractivity contribution in [2.75, 3.05) is 5.75 Å². The van der Waals surface area contributed by atoms with Gasteiger partial charge in [-0.15, -0.1) is 11.8 Å². The highest BCUT2D eigenvalue weighted by molar-refractivity contribution is 8.00. The molecule has 0 N–H and O–H groups in total. The topological polar surface area (TPSA) is 20.3 Å². The lowest BCUT2D eigenvalue weighted by Crippen LogP contribution is -2.39. The van der Waals surface area contributed by atoms with E-state index in [0.717, 1.165) is 0 Å². The van der Waals surface area contributed by atoms with Gasteiger partial charge in [-0.3, -0.25) is 4.79 Å². The molecule has 2 aromatic carbocycles. The summed E-state index contributed by atoms with van der Waals surface area (Å²) in [5.41, 5.74) is 1.31. The predicted molar refractivity (Wildman–Crippen MR) is 92.9 cm³/mol. The van der Waals surface area contributed by atoms with E-state index in [2.05, 4.69) is 47.4 Å². The van der Waals surface area contributed by atoms with Crippen LogP contribution in [0.5, 0.6) is 0 Å². The van der Waals surface area contributed by atoms with Gasteiger partial charge in [-0.05, 0) is 29.2 Å². The van der Waals surface area contributed by atoms with Gasteiger partial charge in [0.2, 0.25) is 5.91 Å². The average molecular weight is 311 g/mol. The fourth-order valence-corrected chi connectivity index (χ4v) is 5.18. The van der Waals surface area contributed by atoms with Gasteiger partial charge < -0.3 is 4.90 Å². The Morgan fingerprint density at radius 1 is 0.955 bits per heavy atom. The van der Waals surface area contributed by atoms with Crippen molar-refractivity contribution in [3.05, 3.63) is 48.0 Å². The monoisotopic (exact) mass is 311 g/mol. The van der Waals surface area contributed by atoms with Crippen LogP contribution in [0.1, 0.15) is 43.0 Å². The molecule has 2 aliphatic rings. The molecular formula is C19H21NOS. The van der Waals surface area contributed by atoms with Crippen molar-refractivity contribution in [1.29, 1.82) is 0 Å². The Morgan fingerprint density at radius 2 is 1.73 bits per heavy atom. The summed E-state index contributed by atoms with van der Waals surface area (Å²) in [7, 11) is 0. The molecule has 1 atom stereocenters. The molecule has 2 aromatic rings. The number of amides is 1. The zero-order chi connectivity index (χ0) is 14.9. The first-order chi connectivity index (χ1) is 10.8. The number of carbonyl (C=O) groups is 1. The molecule has 1 saturated heterocycles. The molecule has 0 spiro atoms. The van der Waals surface area contributed by atoms with E-state index in [0.29, 0.717) is 17.7 Å². The number of fused-ring (bicyclic) bond motifs is 1. The fraction of sp³-hybridized carbons (Fsp3) is 0.421. The zero-order valence-corrected chi connectivity index (χ0v) is 13.5. The summed E-state index contributed by atoms with van der Waals surface area (Å²) in [5.74, 6) is 0.958. The van der Waals surface area contributed by atoms with Crippen LogP contribution >= 0.6 is 11.8 Å². The highest BCUT2D eigenvalue weighted by atomic mass is 32.2. The molecule has 1 aliphatic carbocycles. The van der Waals surface area contributed by atoms with Crippen molar-refractivity contribution in [3.63, 3.8) is 0 Å². The lowest BCUT2D eigenvalue weighted by atomic mass is 9.93. The number of hydrogen-bond donors (Lipinski definition) is 0. The van der Waals surface area contributed by atoms with E-state index in [4.69, 9.17) is 0 Å². The standard InChI is InChI=1S/C19H21NOS/c21-18-13-22-19(20(18)15-9-2-1-3-10-15)17-12-6-8-14-7-4-5-11-16(14)17/h4-8,11-12,15,19H,1-3,9-10,13H2. The van der Waals surface area contributed by atoms with Crippen molar-refractivity contribution >= 4 is 28.4 Å². The van der Waals surface area contributed by atoms with Gasteiger partial charge >= 0.3 is 0 Å². The van der Waals surface area contributed by atoms with E-state index in [1.807, 2.05) is 0 Å². The van der Waals surface area contributed by atoms with E-state index < -0.39 is 0 Å². The summed E-state index contributed by atoms with van der Waals surface area (Å²) in [4.78, 5) is 14.7. The van der Waals surface area contributed by atoms with Crippen LogP contribution in [0.25, 0.3) is 10.8 Å². The Hall–Kier alpha value is -1.48. The van der Waals surface area contributed by atoms with Crippen LogP contribution in [0, 0.1) is 0 Å². The zero-order valence-electron chi connectivity index (χ0n) is 12.7. The third kappa shape index (κ3) is 2.41. The SMILES string of the molecule is O=C1CSC(c2cccc3ccccc23)N1C1CCCCC1. The molecular weight excluding hydrogens is 290 g/mol. The molecule has 1 unspecified atom stereocenters. The molecule has 1 saturated carbocycles. The second-order valence-electron chi connectivity index (χ2n) is 6.32. The first-order valence-electron chi connectivity index (χ1n) is 8.25. The third-order valence-corrected chi connectivity index (χ3v) is 6.17. The van der Waals surface area contributed by atoms with E-state index in [9.17, 15) is 4.79 Å². The Kier molecular flexibility index (Phi) is 3.83. The van der Waals surface area contributed by atoms with Crippen molar-refractivity contribution in [2.24, 2.45) is 0 Å². The first kappa shape index (κ1) is 14.1. The Bertz CT molecular complexity index is 687. The molecule has 0 aromatic heterocycles. The van der Waals surface area contributed by atoms with Gasteiger partial charge in [-0.1, -0.05) is 61.7 Å². The first-order valence-corrected chi connectivity index (χ1v) is 9.30. The van der Waals surface area contributed by atoms with Crippen molar-refractivity contribution in [2.45, 2.75) is 43.5 Å². The van der Waals surface area contributed by atoms with Crippen molar-refractivity contribution < 1.29 is 4.79 Å². The van der Waals surface area contributed by atoms with Gasteiger partial charge in [0, 0.05) is 6.04 Å². The minimum absolute atomic E-state index is 0.196. The number of rotatable bonds is 2. The number of thioether (sulfide) groups is 1. The molecule has 114 valence electrons. The molecule has 1 heterocycles. The van der Waals surface area contributed by atoms with E-state index in [1.54, 1.807) is 11.8 Å². The van der Waals surface area contributed by atoms with Crippen LogP contribution in [-0.2, 0) is 4.79 Å². The van der Waals surface area contributed by atoms with Crippen LogP contribution in [0.3, 0.4) is 0 Å². The summed E-state index contributed by atoms with van der Waals surface area (Å²) in [5, 5.41) is 2.75. The number of carbonyl (C=O) groups excluding carboxylic acids is 1. The van der Waals surface area contributed by atoms with Gasteiger partial charge in [0.15, 0.2) is 0 Å². The molecule has 0 bridgehead atoms. The van der Waals surface area contributed by atoms with Gasteiger partial charge in [0.1, 0.15) is 5.37 Å². The Balaban J connectivity index is 1.74. The minimum Gasteiger partial charge on any atom is -0.323 e. The molecule has 1 aliphatic heterocycles. The van der Waals surface area contributed by atoms with Gasteiger partial charge in [-0.2, -0.15) is 0 Å². The molecule has 2 nitrogen and oxygen atoms in total. The molecule has 22 heavy (non-hydrogen) atoms. The molecule has 4 rings (SSSR count). The van der Waals surface area contributed by atoms with E-state index >= 15 is 0 Å². The predicted octanol–water partition coefficient (Wildman–Crippen LogP) is 4.75. The van der Waals surface area contributed by atoms with Crippen LogP contribution in [0.15, 0.2) is 42.5 Å². The summed E-state index contributed by atoms with van der Waals surface area (Å²) in [6.07, 6.45) is 6.20. The highest BCUT2D eigenvalue weighted by Crippen LogP contribution is 2.44. The Labute approximate surface area is 135 Å². The largest absolute Gasteiger partial charge is 0.323 e. The normalized spacial score (nSPS) is 23.4. The number of benzene rings is 2. The maximum absolute atomic E-state index is 12.5. The van der Waals surface area contributed by atoms with Crippen LogP contribution in [0.2, 0.25) is 0 Å². The van der Waals surface area contributed by atoms with Crippen LogP contribution in [0.4, 0.5) is 0 Å². The van der Waals surface area contributed by atoms with Gasteiger partial charge in [0.05, 0.1) is 5.75 Å². The molecule has 0 radical (unpaired) electrons. The van der Waals surface area contributed by atoms with Crippen molar-refractivity contribution in [3.8, 4) is 0 Å². The van der Waals surface area contributed by atoms with Gasteiger partial charge in [-0.25, -0.2) is 0 Å². The molecule has 1 amide bonds. The summed E-state index contributed by atoms with van der Waals surface area (Å²) < 4.78 is 0. The summed E-state index contributed by atoms with van der Waals surface area (Å²) in [6.45, 7) is 0. The summed E-state index contributed by atoms with van der Waals surface area (Å²) in [6, 6.07) is 15.5.